The van der Waals surface area contributed by atoms with Crippen LogP contribution in [0.1, 0.15) is 39.4 Å². The van der Waals surface area contributed by atoms with Crippen LogP contribution in [-0.4, -0.2) is 25.3 Å². The molecule has 3 nitrogen and oxygen atoms in total. The summed E-state index contributed by atoms with van der Waals surface area (Å²) in [6, 6.07) is 10.1. The van der Waals surface area contributed by atoms with E-state index in [9.17, 15) is 4.21 Å². The Kier molecular flexibility index (Phi) is 4.85. The van der Waals surface area contributed by atoms with E-state index in [0.29, 0.717) is 0 Å². The van der Waals surface area contributed by atoms with Crippen molar-refractivity contribution in [2.24, 2.45) is 0 Å². The minimum atomic E-state index is -1.07. The first-order valence-corrected chi connectivity index (χ1v) is 8.81. The van der Waals surface area contributed by atoms with Gasteiger partial charge >= 0.3 is 0 Å². The minimum Gasteiger partial charge on any atom is -0.251 e. The lowest BCUT2D eigenvalue weighted by atomic mass is 10.1. The van der Waals surface area contributed by atoms with E-state index in [2.05, 4.69) is 22.0 Å². The lowest BCUT2D eigenvalue weighted by Gasteiger charge is -2.30. The molecule has 0 N–H and O–H groups in total. The molecule has 0 bridgehead atoms. The summed E-state index contributed by atoms with van der Waals surface area (Å²) in [4.78, 5) is 4.72. The predicted molar refractivity (Wildman–Crippen MR) is 93.5 cm³/mol. The van der Waals surface area contributed by atoms with Gasteiger partial charge in [0, 0.05) is 16.9 Å². The average molecular weight is 369 g/mol. The van der Waals surface area contributed by atoms with Crippen molar-refractivity contribution in [1.29, 1.82) is 0 Å². The number of benzene rings is 1. The van der Waals surface area contributed by atoms with Crippen LogP contribution in [0.2, 0.25) is 0 Å². The number of aromatic nitrogens is 1. The van der Waals surface area contributed by atoms with E-state index in [1.807, 2.05) is 63.3 Å². The second kappa shape index (κ2) is 6.15. The Morgan fingerprint density at radius 3 is 2.48 bits per heavy atom. The van der Waals surface area contributed by atoms with Gasteiger partial charge in [-0.25, -0.2) is 8.51 Å². The Balaban J connectivity index is 2.35. The van der Waals surface area contributed by atoms with Crippen molar-refractivity contribution in [3.8, 4) is 0 Å². The maximum atomic E-state index is 12.5. The highest BCUT2D eigenvalue weighted by Gasteiger charge is 2.28. The highest BCUT2D eigenvalue weighted by atomic mass is 79.9. The average Bonchev–Trinajstić information content (AvgIpc) is 2.43. The Labute approximate surface area is 137 Å². The molecule has 2 atom stereocenters. The van der Waals surface area contributed by atoms with Crippen LogP contribution < -0.4 is 0 Å². The number of nitrogens with zero attached hydrogens (tertiary/aromatic N) is 2. The summed E-state index contributed by atoms with van der Waals surface area (Å²) in [7, 11) is 0.821. The predicted octanol–water partition coefficient (Wildman–Crippen LogP) is 4.45. The van der Waals surface area contributed by atoms with Crippen molar-refractivity contribution in [2.75, 3.05) is 7.05 Å². The van der Waals surface area contributed by atoms with Crippen LogP contribution in [0, 0.1) is 0 Å². The maximum absolute atomic E-state index is 12.5. The van der Waals surface area contributed by atoms with Crippen LogP contribution in [0.4, 0.5) is 0 Å². The third kappa shape index (κ3) is 3.71. The van der Waals surface area contributed by atoms with Crippen molar-refractivity contribution in [1.82, 2.24) is 9.29 Å². The molecule has 5 heteroatoms. The Bertz CT molecular complexity index is 682. The molecule has 2 rings (SSSR count). The van der Waals surface area contributed by atoms with Crippen LogP contribution in [0.3, 0.4) is 0 Å². The summed E-state index contributed by atoms with van der Waals surface area (Å²) in [5.74, 6) is 0. The molecule has 2 aromatic rings. The lowest BCUT2D eigenvalue weighted by molar-refractivity contribution is 0.411. The van der Waals surface area contributed by atoms with Crippen LogP contribution in [0.15, 0.2) is 34.8 Å². The molecule has 1 aromatic heterocycles. The molecule has 0 saturated heterocycles. The zero-order valence-electron chi connectivity index (χ0n) is 13.1. The van der Waals surface area contributed by atoms with Gasteiger partial charge in [-0.05, 0) is 45.9 Å². The van der Waals surface area contributed by atoms with E-state index in [1.54, 1.807) is 0 Å². The van der Waals surface area contributed by atoms with Gasteiger partial charge in [-0.1, -0.05) is 28.1 Å². The van der Waals surface area contributed by atoms with Crippen molar-refractivity contribution in [3.05, 3.63) is 40.5 Å². The molecule has 0 fully saturated rings. The third-order valence-corrected chi connectivity index (χ3v) is 5.81. The quantitative estimate of drug-likeness (QED) is 0.801. The topological polar surface area (TPSA) is 33.2 Å². The van der Waals surface area contributed by atoms with Crippen LogP contribution in [-0.2, 0) is 11.0 Å². The molecule has 0 unspecified atom stereocenters. The first-order chi connectivity index (χ1) is 9.70. The summed E-state index contributed by atoms with van der Waals surface area (Å²) >= 11 is 3.47. The second-order valence-electron chi connectivity index (χ2n) is 6.16. The fourth-order valence-corrected chi connectivity index (χ4v) is 3.71. The standard InChI is InChI=1S/C16H21BrN2OS/c1-11(19(5)21(20)16(2,3)4)14-9-7-12-6-8-13(17)10-15(12)18-14/h6-11H,1-5H3/t11-,21+/m1/s1. The number of halogens is 1. The molecule has 0 aliphatic heterocycles. The Hall–Kier alpha value is -0.780. The van der Waals surface area contributed by atoms with Crippen LogP contribution in [0.25, 0.3) is 10.9 Å². The van der Waals surface area contributed by atoms with E-state index in [1.165, 1.54) is 0 Å². The highest BCUT2D eigenvalue weighted by molar-refractivity contribution is 9.10. The van der Waals surface area contributed by atoms with Crippen molar-refractivity contribution < 1.29 is 4.21 Å². The SMILES string of the molecule is C[C@H](c1ccc2ccc(Br)cc2n1)N(C)[S@@](=O)C(C)(C)C. The molecule has 1 aromatic carbocycles. The number of fused-ring (bicyclic) bond motifs is 1. The largest absolute Gasteiger partial charge is 0.251 e. The molecule has 1 heterocycles. The Morgan fingerprint density at radius 2 is 1.86 bits per heavy atom. The molecule has 0 saturated carbocycles. The third-order valence-electron chi connectivity index (χ3n) is 3.43. The van der Waals surface area contributed by atoms with Gasteiger partial charge in [0.2, 0.25) is 0 Å². The molecule has 114 valence electrons. The van der Waals surface area contributed by atoms with Gasteiger partial charge in [0.05, 0.1) is 22.0 Å². The zero-order chi connectivity index (χ0) is 15.8. The van der Waals surface area contributed by atoms with Crippen molar-refractivity contribution >= 4 is 37.8 Å². The highest BCUT2D eigenvalue weighted by Crippen LogP contribution is 2.26. The first-order valence-electron chi connectivity index (χ1n) is 6.91. The summed E-state index contributed by atoms with van der Waals surface area (Å²) in [6.45, 7) is 7.99. The summed E-state index contributed by atoms with van der Waals surface area (Å²) in [5.41, 5.74) is 1.88. The smallest absolute Gasteiger partial charge is 0.100 e. The lowest BCUT2D eigenvalue weighted by Crippen LogP contribution is -2.36. The minimum absolute atomic E-state index is 0.00607. The molecule has 0 amide bonds. The fraction of sp³-hybridized carbons (Fsp3) is 0.438. The summed E-state index contributed by atoms with van der Waals surface area (Å²) in [5, 5.41) is 1.11. The van der Waals surface area contributed by atoms with Gasteiger partial charge in [-0.2, -0.15) is 0 Å². The van der Waals surface area contributed by atoms with Gasteiger partial charge in [-0.15, -0.1) is 0 Å². The summed E-state index contributed by atoms with van der Waals surface area (Å²) in [6.07, 6.45) is 0. The maximum Gasteiger partial charge on any atom is 0.100 e. The number of hydrogen-bond acceptors (Lipinski definition) is 2. The van der Waals surface area contributed by atoms with Gasteiger partial charge < -0.3 is 0 Å². The molecule has 21 heavy (non-hydrogen) atoms. The van der Waals surface area contributed by atoms with E-state index in [0.717, 1.165) is 21.1 Å². The molecule has 0 aliphatic carbocycles. The molecule has 0 radical (unpaired) electrons. The van der Waals surface area contributed by atoms with Gasteiger partial charge in [0.1, 0.15) is 11.0 Å². The number of hydrogen-bond donors (Lipinski definition) is 0. The van der Waals surface area contributed by atoms with Crippen molar-refractivity contribution in [3.63, 3.8) is 0 Å². The zero-order valence-corrected chi connectivity index (χ0v) is 15.5. The van der Waals surface area contributed by atoms with E-state index >= 15 is 0 Å². The van der Waals surface area contributed by atoms with Crippen LogP contribution in [0.5, 0.6) is 0 Å². The molecular formula is C16H21BrN2OS. The molecule has 0 aliphatic rings. The number of rotatable bonds is 3. The van der Waals surface area contributed by atoms with E-state index in [4.69, 9.17) is 4.98 Å². The summed E-state index contributed by atoms with van der Waals surface area (Å²) < 4.78 is 15.1. The normalized spacial score (nSPS) is 15.4. The monoisotopic (exact) mass is 368 g/mol. The van der Waals surface area contributed by atoms with Gasteiger partial charge in [0.25, 0.3) is 0 Å². The van der Waals surface area contributed by atoms with Crippen LogP contribution >= 0.6 is 15.9 Å². The van der Waals surface area contributed by atoms with Crippen molar-refractivity contribution in [2.45, 2.75) is 38.5 Å². The van der Waals surface area contributed by atoms with E-state index < -0.39 is 11.0 Å². The van der Waals surface area contributed by atoms with Gasteiger partial charge in [-0.3, -0.25) is 4.98 Å². The molecular weight excluding hydrogens is 348 g/mol. The van der Waals surface area contributed by atoms with Gasteiger partial charge in [0.15, 0.2) is 0 Å². The fourth-order valence-electron chi connectivity index (χ4n) is 2.10. The second-order valence-corrected chi connectivity index (χ2v) is 9.37. The number of pyridine rings is 1. The Morgan fingerprint density at radius 1 is 1.24 bits per heavy atom. The molecule has 0 spiro atoms. The van der Waals surface area contributed by atoms with E-state index in [-0.39, 0.29) is 10.8 Å². The first kappa shape index (κ1) is 16.6.